The monoisotopic (exact) mass is 257 g/mol. The first-order chi connectivity index (χ1) is 9.33. The third kappa shape index (κ3) is 2.57. The first-order valence-corrected chi connectivity index (χ1v) is 6.30. The first-order valence-electron chi connectivity index (χ1n) is 6.30. The van der Waals surface area contributed by atoms with E-state index in [1.807, 2.05) is 35.8 Å². The lowest BCUT2D eigenvalue weighted by molar-refractivity contribution is -0.120. The molecule has 2 aromatic heterocycles. The van der Waals surface area contributed by atoms with Crippen molar-refractivity contribution in [2.75, 3.05) is 24.5 Å². The van der Waals surface area contributed by atoms with Crippen LogP contribution >= 0.6 is 0 Å². The van der Waals surface area contributed by atoms with Gasteiger partial charge in [-0.15, -0.1) is 0 Å². The lowest BCUT2D eigenvalue weighted by Gasteiger charge is -2.18. The van der Waals surface area contributed by atoms with Crippen LogP contribution < -0.4 is 10.2 Å². The van der Waals surface area contributed by atoms with Crippen LogP contribution in [0.2, 0.25) is 0 Å². The second kappa shape index (κ2) is 5.09. The second-order valence-electron chi connectivity index (χ2n) is 4.46. The van der Waals surface area contributed by atoms with Gasteiger partial charge in [0.05, 0.1) is 0 Å². The van der Waals surface area contributed by atoms with Gasteiger partial charge in [0.15, 0.2) is 0 Å². The Balaban J connectivity index is 1.77. The summed E-state index contributed by atoms with van der Waals surface area (Å²) in [4.78, 5) is 25.1. The molecule has 0 radical (unpaired) electrons. The van der Waals surface area contributed by atoms with Crippen molar-refractivity contribution in [3.05, 3.63) is 30.9 Å². The quantitative estimate of drug-likeness (QED) is 0.834. The van der Waals surface area contributed by atoms with Gasteiger partial charge < -0.3 is 15.2 Å². The topological polar surface area (TPSA) is 73.9 Å². The molecule has 6 heteroatoms. The van der Waals surface area contributed by atoms with Crippen LogP contribution in [0.5, 0.6) is 0 Å². The van der Waals surface area contributed by atoms with E-state index in [9.17, 15) is 4.79 Å². The molecule has 0 bridgehead atoms. The van der Waals surface area contributed by atoms with E-state index >= 15 is 0 Å². The molecular weight excluding hydrogens is 242 g/mol. The zero-order chi connectivity index (χ0) is 13.1. The van der Waals surface area contributed by atoms with Crippen LogP contribution in [0.15, 0.2) is 30.9 Å². The second-order valence-corrected chi connectivity index (χ2v) is 4.46. The molecule has 0 atom stereocenters. The summed E-state index contributed by atoms with van der Waals surface area (Å²) in [7, 11) is 0. The van der Waals surface area contributed by atoms with Crippen molar-refractivity contribution in [3.8, 4) is 11.1 Å². The Morgan fingerprint density at radius 1 is 1.16 bits per heavy atom. The average molecular weight is 257 g/mol. The minimum absolute atomic E-state index is 0.0893. The van der Waals surface area contributed by atoms with Gasteiger partial charge in [-0.1, -0.05) is 0 Å². The molecule has 0 spiro atoms. The first kappa shape index (κ1) is 11.7. The summed E-state index contributed by atoms with van der Waals surface area (Å²) in [5, 5.41) is 2.84. The van der Waals surface area contributed by atoms with Gasteiger partial charge in [-0.05, 0) is 6.07 Å². The minimum Gasteiger partial charge on any atom is -0.367 e. The Morgan fingerprint density at radius 2 is 2.00 bits per heavy atom. The Kier molecular flexibility index (Phi) is 3.14. The molecule has 1 aliphatic heterocycles. The van der Waals surface area contributed by atoms with Gasteiger partial charge in [0.2, 0.25) is 11.9 Å². The summed E-state index contributed by atoms with van der Waals surface area (Å²) in [5.41, 5.74) is 2.05. The zero-order valence-electron chi connectivity index (χ0n) is 10.5. The molecule has 1 amide bonds. The van der Waals surface area contributed by atoms with Crippen molar-refractivity contribution in [2.45, 2.75) is 6.42 Å². The molecule has 3 rings (SSSR count). The smallest absolute Gasteiger partial charge is 0.225 e. The summed E-state index contributed by atoms with van der Waals surface area (Å²) in [6.07, 6.45) is 7.89. The van der Waals surface area contributed by atoms with Crippen molar-refractivity contribution in [3.63, 3.8) is 0 Å². The highest BCUT2D eigenvalue weighted by molar-refractivity contribution is 5.77. The lowest BCUT2D eigenvalue weighted by Crippen LogP contribution is -2.29. The Morgan fingerprint density at radius 3 is 2.74 bits per heavy atom. The molecule has 6 nitrogen and oxygen atoms in total. The molecule has 0 aliphatic carbocycles. The number of rotatable bonds is 2. The summed E-state index contributed by atoms with van der Waals surface area (Å²) in [6.45, 7) is 2.05. The summed E-state index contributed by atoms with van der Waals surface area (Å²) >= 11 is 0. The molecular formula is C13H15N5O. The molecule has 2 aromatic rings. The summed E-state index contributed by atoms with van der Waals surface area (Å²) in [5.74, 6) is 0.766. The number of hydrogen-bond donors (Lipinski definition) is 2. The van der Waals surface area contributed by atoms with E-state index < -0.39 is 0 Å². The SMILES string of the molecule is O=C1CCN(c2ncc(-c3cc[nH]c3)cn2)CCN1. The van der Waals surface area contributed by atoms with Crippen LogP contribution in [0.3, 0.4) is 0 Å². The van der Waals surface area contributed by atoms with Crippen molar-refractivity contribution in [2.24, 2.45) is 0 Å². The average Bonchev–Trinajstić information content (AvgIpc) is 2.89. The Hall–Kier alpha value is -2.37. The fraction of sp³-hybridized carbons (Fsp3) is 0.308. The maximum absolute atomic E-state index is 11.3. The maximum atomic E-state index is 11.3. The van der Waals surface area contributed by atoms with Gasteiger partial charge in [0, 0.05) is 62.0 Å². The molecule has 1 aliphatic rings. The van der Waals surface area contributed by atoms with Gasteiger partial charge in [0.25, 0.3) is 0 Å². The molecule has 0 saturated carbocycles. The Bertz CT molecular complexity index is 549. The van der Waals surface area contributed by atoms with E-state index in [0.29, 0.717) is 25.5 Å². The number of anilines is 1. The molecule has 98 valence electrons. The highest BCUT2D eigenvalue weighted by atomic mass is 16.1. The van der Waals surface area contributed by atoms with Crippen LogP contribution in [0.25, 0.3) is 11.1 Å². The number of hydrogen-bond acceptors (Lipinski definition) is 4. The predicted octanol–water partition coefficient (Wildman–Crippen LogP) is 0.798. The molecule has 3 heterocycles. The number of aromatic amines is 1. The maximum Gasteiger partial charge on any atom is 0.225 e. The largest absolute Gasteiger partial charge is 0.367 e. The summed E-state index contributed by atoms with van der Waals surface area (Å²) < 4.78 is 0. The number of nitrogens with zero attached hydrogens (tertiary/aromatic N) is 3. The van der Waals surface area contributed by atoms with Gasteiger partial charge >= 0.3 is 0 Å². The Labute approximate surface area is 110 Å². The predicted molar refractivity (Wildman–Crippen MR) is 71.7 cm³/mol. The van der Waals surface area contributed by atoms with Crippen LogP contribution in [-0.4, -0.2) is 40.5 Å². The number of nitrogens with one attached hydrogen (secondary N) is 2. The van der Waals surface area contributed by atoms with Crippen molar-refractivity contribution in [1.82, 2.24) is 20.3 Å². The number of carbonyl (C=O) groups excluding carboxylic acids is 1. The van der Waals surface area contributed by atoms with Gasteiger partial charge in [-0.2, -0.15) is 0 Å². The number of H-pyrrole nitrogens is 1. The fourth-order valence-corrected chi connectivity index (χ4v) is 2.10. The number of aromatic nitrogens is 3. The standard InChI is InChI=1S/C13H15N5O/c19-12-2-5-18(6-4-15-12)13-16-8-11(9-17-13)10-1-3-14-7-10/h1,3,7-9,14H,2,4-6H2,(H,15,19). The van der Waals surface area contributed by atoms with Crippen LogP contribution in [0, 0.1) is 0 Å². The molecule has 0 unspecified atom stereocenters. The number of carbonyl (C=O) groups is 1. The molecule has 1 fully saturated rings. The highest BCUT2D eigenvalue weighted by Gasteiger charge is 2.15. The van der Waals surface area contributed by atoms with Gasteiger partial charge in [0.1, 0.15) is 0 Å². The van der Waals surface area contributed by atoms with Crippen LogP contribution in [-0.2, 0) is 4.79 Å². The van der Waals surface area contributed by atoms with Gasteiger partial charge in [-0.3, -0.25) is 4.79 Å². The normalized spacial score (nSPS) is 16.0. The third-order valence-electron chi connectivity index (χ3n) is 3.17. The molecule has 1 saturated heterocycles. The summed E-state index contributed by atoms with van der Waals surface area (Å²) in [6, 6.07) is 1.98. The molecule has 19 heavy (non-hydrogen) atoms. The van der Waals surface area contributed by atoms with E-state index in [-0.39, 0.29) is 5.91 Å². The van der Waals surface area contributed by atoms with E-state index in [1.54, 1.807) is 0 Å². The van der Waals surface area contributed by atoms with Crippen molar-refractivity contribution < 1.29 is 4.79 Å². The van der Waals surface area contributed by atoms with E-state index in [2.05, 4.69) is 20.3 Å². The van der Waals surface area contributed by atoms with Crippen molar-refractivity contribution in [1.29, 1.82) is 0 Å². The van der Waals surface area contributed by atoms with E-state index in [4.69, 9.17) is 0 Å². The fourth-order valence-electron chi connectivity index (χ4n) is 2.10. The third-order valence-corrected chi connectivity index (χ3v) is 3.17. The van der Waals surface area contributed by atoms with Crippen molar-refractivity contribution >= 4 is 11.9 Å². The van der Waals surface area contributed by atoms with Crippen LogP contribution in [0.4, 0.5) is 5.95 Å². The molecule has 0 aromatic carbocycles. The minimum atomic E-state index is 0.0893. The zero-order valence-corrected chi connectivity index (χ0v) is 10.5. The van der Waals surface area contributed by atoms with E-state index in [1.165, 1.54) is 0 Å². The highest BCUT2D eigenvalue weighted by Crippen LogP contribution is 2.18. The van der Waals surface area contributed by atoms with E-state index in [0.717, 1.165) is 17.7 Å². The lowest BCUT2D eigenvalue weighted by atomic mass is 10.2. The van der Waals surface area contributed by atoms with Crippen LogP contribution in [0.1, 0.15) is 6.42 Å². The number of amides is 1. The van der Waals surface area contributed by atoms with Gasteiger partial charge in [-0.25, -0.2) is 9.97 Å². The molecule has 2 N–H and O–H groups in total.